The van der Waals surface area contributed by atoms with Gasteiger partial charge in [-0.2, -0.15) is 0 Å². The summed E-state index contributed by atoms with van der Waals surface area (Å²) in [5, 5.41) is 2.94. The van der Waals surface area contributed by atoms with Gasteiger partial charge in [-0.3, -0.25) is 23.9 Å². The molecule has 0 spiro atoms. The molecule has 0 aliphatic rings. The first-order chi connectivity index (χ1) is 16.0. The number of nitrogens with zero attached hydrogens (tertiary/aromatic N) is 4. The average Bonchev–Trinajstić information content (AvgIpc) is 3.18. The van der Waals surface area contributed by atoms with E-state index in [1.807, 2.05) is 59.9 Å². The van der Waals surface area contributed by atoms with Crippen LogP contribution in [0.2, 0.25) is 0 Å². The molecule has 0 radical (unpaired) electrons. The van der Waals surface area contributed by atoms with Crippen molar-refractivity contribution in [3.05, 3.63) is 95.6 Å². The molecule has 0 saturated carbocycles. The lowest BCUT2D eigenvalue weighted by molar-refractivity contribution is -0.118. The monoisotopic (exact) mass is 441 g/mol. The van der Waals surface area contributed by atoms with Crippen LogP contribution in [0.4, 0.5) is 5.82 Å². The Morgan fingerprint density at radius 3 is 2.55 bits per heavy atom. The van der Waals surface area contributed by atoms with Crippen LogP contribution < -0.4 is 10.2 Å². The summed E-state index contributed by atoms with van der Waals surface area (Å²) >= 11 is 0. The molecular formula is C26H27N5O2. The van der Waals surface area contributed by atoms with Gasteiger partial charge in [-0.05, 0) is 43.2 Å². The lowest BCUT2D eigenvalue weighted by atomic mass is 10.1. The fourth-order valence-electron chi connectivity index (χ4n) is 3.82. The first-order valence-electron chi connectivity index (χ1n) is 11.0. The van der Waals surface area contributed by atoms with Crippen molar-refractivity contribution in [3.63, 3.8) is 0 Å². The van der Waals surface area contributed by atoms with Gasteiger partial charge in [0, 0.05) is 44.5 Å². The number of pyridine rings is 2. The number of hydrogen-bond acceptors (Lipinski definition) is 4. The zero-order valence-corrected chi connectivity index (χ0v) is 18.9. The number of anilines is 1. The first-order valence-corrected chi connectivity index (χ1v) is 11.0. The van der Waals surface area contributed by atoms with Crippen molar-refractivity contribution in [3.8, 4) is 0 Å². The van der Waals surface area contributed by atoms with Gasteiger partial charge < -0.3 is 5.32 Å². The van der Waals surface area contributed by atoms with Gasteiger partial charge in [0.05, 0.1) is 11.3 Å². The van der Waals surface area contributed by atoms with Crippen molar-refractivity contribution < 1.29 is 9.59 Å². The minimum absolute atomic E-state index is 0.00558. The van der Waals surface area contributed by atoms with Gasteiger partial charge in [0.25, 0.3) is 5.91 Å². The van der Waals surface area contributed by atoms with E-state index in [4.69, 9.17) is 0 Å². The van der Waals surface area contributed by atoms with E-state index >= 15 is 0 Å². The van der Waals surface area contributed by atoms with Crippen LogP contribution in [0.1, 0.15) is 33.7 Å². The molecule has 1 N–H and O–H groups in total. The largest absolute Gasteiger partial charge is 0.352 e. The first kappa shape index (κ1) is 22.2. The van der Waals surface area contributed by atoms with E-state index in [-0.39, 0.29) is 11.8 Å². The van der Waals surface area contributed by atoms with Crippen molar-refractivity contribution in [1.29, 1.82) is 0 Å². The van der Waals surface area contributed by atoms with Crippen molar-refractivity contribution in [2.75, 3.05) is 18.5 Å². The van der Waals surface area contributed by atoms with E-state index in [0.29, 0.717) is 42.8 Å². The van der Waals surface area contributed by atoms with Crippen molar-refractivity contribution >= 4 is 23.3 Å². The molecule has 168 valence electrons. The van der Waals surface area contributed by atoms with Crippen molar-refractivity contribution in [1.82, 2.24) is 19.7 Å². The Bertz CT molecular complexity index is 1250. The van der Waals surface area contributed by atoms with Gasteiger partial charge in [-0.15, -0.1) is 0 Å². The molecule has 4 aromatic rings. The van der Waals surface area contributed by atoms with Crippen molar-refractivity contribution in [2.45, 2.75) is 26.2 Å². The third kappa shape index (κ3) is 5.26. The molecule has 7 heteroatoms. The molecule has 0 aliphatic carbocycles. The second-order valence-corrected chi connectivity index (χ2v) is 7.93. The Kier molecular flexibility index (Phi) is 6.78. The third-order valence-corrected chi connectivity index (χ3v) is 5.58. The molecule has 0 unspecified atom stereocenters. The smallest absolute Gasteiger partial charge is 0.252 e. The Hall–Kier alpha value is -4.00. The lowest BCUT2D eigenvalue weighted by Crippen LogP contribution is -2.29. The van der Waals surface area contributed by atoms with E-state index in [9.17, 15) is 9.59 Å². The predicted molar refractivity (Wildman–Crippen MR) is 128 cm³/mol. The molecule has 0 saturated heterocycles. The molecule has 3 heterocycles. The minimum atomic E-state index is -0.178. The molecule has 33 heavy (non-hydrogen) atoms. The molecule has 7 nitrogen and oxygen atoms in total. The number of aryl methyl sites for hydroxylation is 2. The number of amides is 2. The van der Waals surface area contributed by atoms with E-state index < -0.39 is 0 Å². The van der Waals surface area contributed by atoms with Gasteiger partial charge >= 0.3 is 0 Å². The fourth-order valence-corrected chi connectivity index (χ4v) is 3.82. The lowest BCUT2D eigenvalue weighted by Gasteiger charge is -2.18. The SMILES string of the molecule is Cc1nc2ccc(C(=O)NCCc3ccccn3)cn2c1N(C)C(=O)CCc1ccccc1. The maximum absolute atomic E-state index is 12.9. The topological polar surface area (TPSA) is 79.6 Å². The van der Waals surface area contributed by atoms with Gasteiger partial charge in [-0.25, -0.2) is 4.98 Å². The normalized spacial score (nSPS) is 10.8. The number of carbonyl (C=O) groups is 2. The quantitative estimate of drug-likeness (QED) is 0.453. The Morgan fingerprint density at radius 1 is 1.00 bits per heavy atom. The number of nitrogens with one attached hydrogen (secondary N) is 1. The van der Waals surface area contributed by atoms with Crippen LogP contribution in [0, 0.1) is 6.92 Å². The molecule has 0 bridgehead atoms. The van der Waals surface area contributed by atoms with Gasteiger partial charge in [-0.1, -0.05) is 36.4 Å². The van der Waals surface area contributed by atoms with Gasteiger partial charge in [0.15, 0.2) is 0 Å². The van der Waals surface area contributed by atoms with Crippen LogP contribution in [0.25, 0.3) is 5.65 Å². The van der Waals surface area contributed by atoms with Crippen LogP contribution in [0.15, 0.2) is 73.1 Å². The van der Waals surface area contributed by atoms with Crippen LogP contribution in [0.3, 0.4) is 0 Å². The maximum Gasteiger partial charge on any atom is 0.252 e. The van der Waals surface area contributed by atoms with E-state index in [1.54, 1.807) is 36.5 Å². The number of carbonyl (C=O) groups excluding carboxylic acids is 2. The summed E-state index contributed by atoms with van der Waals surface area (Å²) in [7, 11) is 1.75. The second-order valence-electron chi connectivity index (χ2n) is 7.93. The number of hydrogen-bond donors (Lipinski definition) is 1. The average molecular weight is 442 g/mol. The molecule has 0 aliphatic heterocycles. The minimum Gasteiger partial charge on any atom is -0.352 e. The van der Waals surface area contributed by atoms with Crippen LogP contribution in [-0.4, -0.2) is 39.8 Å². The highest BCUT2D eigenvalue weighted by Gasteiger charge is 2.19. The number of fused-ring (bicyclic) bond motifs is 1. The molecule has 3 aromatic heterocycles. The molecule has 4 rings (SSSR count). The van der Waals surface area contributed by atoms with E-state index in [0.717, 1.165) is 17.0 Å². The summed E-state index contributed by atoms with van der Waals surface area (Å²) in [5.74, 6) is 0.489. The molecular weight excluding hydrogens is 414 g/mol. The number of aromatic nitrogens is 3. The van der Waals surface area contributed by atoms with E-state index in [1.165, 1.54) is 0 Å². The summed E-state index contributed by atoms with van der Waals surface area (Å²) in [5.41, 5.74) is 3.98. The highest BCUT2D eigenvalue weighted by Crippen LogP contribution is 2.23. The van der Waals surface area contributed by atoms with Gasteiger partial charge in [0.2, 0.25) is 5.91 Å². The molecule has 0 atom stereocenters. The number of imidazole rings is 1. The number of rotatable bonds is 8. The summed E-state index contributed by atoms with van der Waals surface area (Å²) in [4.78, 5) is 36.1. The molecule has 2 amide bonds. The zero-order valence-electron chi connectivity index (χ0n) is 18.9. The van der Waals surface area contributed by atoms with E-state index in [2.05, 4.69) is 15.3 Å². The highest BCUT2D eigenvalue weighted by atomic mass is 16.2. The summed E-state index contributed by atoms with van der Waals surface area (Å²) < 4.78 is 1.81. The Morgan fingerprint density at radius 2 is 1.79 bits per heavy atom. The standard InChI is InChI=1S/C26H27N5O2/c1-19-26(30(2)24(32)14-11-20-8-4-3-5-9-20)31-18-21(12-13-23(31)29-19)25(33)28-17-15-22-10-6-7-16-27-22/h3-10,12-13,16,18H,11,14-15,17H2,1-2H3,(H,28,33). The predicted octanol–water partition coefficient (Wildman–Crippen LogP) is 3.61. The van der Waals surface area contributed by atoms with Gasteiger partial charge in [0.1, 0.15) is 11.5 Å². The van der Waals surface area contributed by atoms with Crippen LogP contribution in [-0.2, 0) is 17.6 Å². The molecule has 1 aromatic carbocycles. The zero-order chi connectivity index (χ0) is 23.2. The summed E-state index contributed by atoms with van der Waals surface area (Å²) in [6, 6.07) is 19.2. The van der Waals surface area contributed by atoms with Crippen LogP contribution in [0.5, 0.6) is 0 Å². The maximum atomic E-state index is 12.9. The van der Waals surface area contributed by atoms with Crippen molar-refractivity contribution in [2.24, 2.45) is 0 Å². The highest BCUT2D eigenvalue weighted by molar-refractivity contribution is 5.95. The van der Waals surface area contributed by atoms with Crippen LogP contribution >= 0.6 is 0 Å². The molecule has 0 fully saturated rings. The fraction of sp³-hybridized carbons (Fsp3) is 0.231. The Labute approximate surface area is 193 Å². The summed E-state index contributed by atoms with van der Waals surface area (Å²) in [6.45, 7) is 2.36. The Balaban J connectivity index is 1.46. The summed E-state index contributed by atoms with van der Waals surface area (Å²) in [6.07, 6.45) is 5.20. The number of benzene rings is 1. The second kappa shape index (κ2) is 10.1. The third-order valence-electron chi connectivity index (χ3n) is 5.58.